The van der Waals surface area contributed by atoms with Crippen LogP contribution in [-0.4, -0.2) is 27.9 Å². The van der Waals surface area contributed by atoms with Crippen LogP contribution in [0, 0.1) is 10.1 Å². The lowest BCUT2D eigenvalue weighted by molar-refractivity contribution is -0.384. The van der Waals surface area contributed by atoms with Crippen LogP contribution in [0.5, 0.6) is 5.75 Å². The molecule has 0 saturated carbocycles. The molecule has 2 aromatic carbocycles. The zero-order valence-electron chi connectivity index (χ0n) is 13.4. The van der Waals surface area contributed by atoms with E-state index >= 15 is 0 Å². The molecule has 1 atom stereocenters. The van der Waals surface area contributed by atoms with E-state index in [-0.39, 0.29) is 18.0 Å². The van der Waals surface area contributed by atoms with Gasteiger partial charge in [0.2, 0.25) is 0 Å². The molecule has 3 aromatic rings. The normalized spacial score (nSPS) is 12.7. The van der Waals surface area contributed by atoms with Crippen LogP contribution in [0.1, 0.15) is 11.7 Å². The van der Waals surface area contributed by atoms with Gasteiger partial charge in [-0.05, 0) is 23.8 Å². The summed E-state index contributed by atoms with van der Waals surface area (Å²) in [6, 6.07) is 9.18. The van der Waals surface area contributed by atoms with Gasteiger partial charge in [0.1, 0.15) is 5.75 Å². The average Bonchev–Trinajstić information content (AvgIpc) is 3.01. The van der Waals surface area contributed by atoms with Gasteiger partial charge in [0.05, 0.1) is 21.2 Å². The highest BCUT2D eigenvalue weighted by molar-refractivity contribution is 7.22. The van der Waals surface area contributed by atoms with Crippen molar-refractivity contribution in [3.05, 3.63) is 58.1 Å². The number of non-ortho nitro benzene ring substituents is 1. The zero-order valence-corrected chi connectivity index (χ0v) is 14.3. The SMILES string of the molecule is O=[N+]([O-])c1ccc2nc(NCC(O)c3ccc(OC(F)(F)F)cc3)sc2c1. The first kappa shape index (κ1) is 18.9. The van der Waals surface area contributed by atoms with Crippen LogP contribution >= 0.6 is 11.3 Å². The number of anilines is 1. The molecule has 27 heavy (non-hydrogen) atoms. The zero-order chi connectivity index (χ0) is 19.6. The van der Waals surface area contributed by atoms with Gasteiger partial charge >= 0.3 is 6.36 Å². The second kappa shape index (κ2) is 7.37. The first-order valence-corrected chi connectivity index (χ1v) is 8.35. The van der Waals surface area contributed by atoms with Crippen LogP contribution in [0.4, 0.5) is 24.0 Å². The van der Waals surface area contributed by atoms with Crippen molar-refractivity contribution in [2.75, 3.05) is 11.9 Å². The standard InChI is InChI=1S/C16H12F3N3O4S/c17-16(18,19)26-11-4-1-9(2-5-11)13(23)8-20-15-21-12-6-3-10(22(24)25)7-14(12)27-15/h1-7,13,23H,8H2,(H,20,21). The quantitative estimate of drug-likeness (QED) is 0.475. The van der Waals surface area contributed by atoms with Gasteiger partial charge in [0.25, 0.3) is 5.69 Å². The van der Waals surface area contributed by atoms with Gasteiger partial charge in [-0.1, -0.05) is 23.5 Å². The van der Waals surface area contributed by atoms with Crippen LogP contribution < -0.4 is 10.1 Å². The number of hydrogen-bond donors (Lipinski definition) is 2. The summed E-state index contributed by atoms with van der Waals surface area (Å²) < 4.78 is 40.8. The number of alkyl halides is 3. The largest absolute Gasteiger partial charge is 0.573 e. The summed E-state index contributed by atoms with van der Waals surface area (Å²) in [5.74, 6) is -0.376. The van der Waals surface area contributed by atoms with Crippen molar-refractivity contribution < 1.29 is 27.9 Å². The highest BCUT2D eigenvalue weighted by Crippen LogP contribution is 2.30. The number of aromatic nitrogens is 1. The molecule has 0 spiro atoms. The van der Waals surface area contributed by atoms with E-state index in [1.807, 2.05) is 0 Å². The smallest absolute Gasteiger partial charge is 0.406 e. The van der Waals surface area contributed by atoms with Crippen LogP contribution in [0.3, 0.4) is 0 Å². The number of ether oxygens (including phenoxy) is 1. The number of nitrogens with zero attached hydrogens (tertiary/aromatic N) is 2. The summed E-state index contributed by atoms with van der Waals surface area (Å²) in [5, 5.41) is 24.3. The maximum atomic E-state index is 12.1. The Kier molecular flexibility index (Phi) is 5.15. The highest BCUT2D eigenvalue weighted by Gasteiger charge is 2.31. The lowest BCUT2D eigenvalue weighted by Crippen LogP contribution is -2.17. The van der Waals surface area contributed by atoms with Crippen molar-refractivity contribution in [3.63, 3.8) is 0 Å². The van der Waals surface area contributed by atoms with Crippen molar-refractivity contribution in [1.29, 1.82) is 0 Å². The third-order valence-electron chi connectivity index (χ3n) is 3.53. The number of hydrogen-bond acceptors (Lipinski definition) is 7. The predicted molar refractivity (Wildman–Crippen MR) is 92.8 cm³/mol. The maximum Gasteiger partial charge on any atom is 0.573 e. The number of nitro groups is 1. The number of fused-ring (bicyclic) bond motifs is 1. The lowest BCUT2D eigenvalue weighted by atomic mass is 10.1. The second-order valence-corrected chi connectivity index (χ2v) is 6.47. The molecular formula is C16H12F3N3O4S. The summed E-state index contributed by atoms with van der Waals surface area (Å²) in [5.41, 5.74) is 0.934. The number of aliphatic hydroxyl groups excluding tert-OH is 1. The fourth-order valence-corrected chi connectivity index (χ4v) is 3.20. The number of aliphatic hydroxyl groups is 1. The van der Waals surface area contributed by atoms with Crippen LogP contribution in [-0.2, 0) is 0 Å². The third kappa shape index (κ3) is 4.83. The predicted octanol–water partition coefficient (Wildman–Crippen LogP) is 4.25. The third-order valence-corrected chi connectivity index (χ3v) is 4.50. The molecule has 0 aliphatic rings. The molecule has 7 nitrogen and oxygen atoms in total. The Labute approximate surface area is 154 Å². The molecule has 1 heterocycles. The van der Waals surface area contributed by atoms with E-state index in [4.69, 9.17) is 0 Å². The number of nitro benzene ring substituents is 1. The first-order chi connectivity index (χ1) is 12.7. The molecule has 3 rings (SSSR count). The summed E-state index contributed by atoms with van der Waals surface area (Å²) in [7, 11) is 0. The fourth-order valence-electron chi connectivity index (χ4n) is 2.30. The number of rotatable bonds is 6. The molecule has 2 N–H and O–H groups in total. The minimum absolute atomic E-state index is 0.0427. The number of halogens is 3. The Morgan fingerprint density at radius 3 is 2.59 bits per heavy atom. The number of benzene rings is 2. The maximum absolute atomic E-state index is 12.1. The van der Waals surface area contributed by atoms with Crippen LogP contribution in [0.2, 0.25) is 0 Å². The molecule has 0 aliphatic heterocycles. The highest BCUT2D eigenvalue weighted by atomic mass is 32.1. The van der Waals surface area contributed by atoms with Gasteiger partial charge in [-0.15, -0.1) is 13.2 Å². The van der Waals surface area contributed by atoms with Gasteiger partial charge in [-0.2, -0.15) is 0 Å². The average molecular weight is 399 g/mol. The second-order valence-electron chi connectivity index (χ2n) is 5.44. The van der Waals surface area contributed by atoms with Crippen molar-refractivity contribution in [2.24, 2.45) is 0 Å². The van der Waals surface area contributed by atoms with Crippen LogP contribution in [0.15, 0.2) is 42.5 Å². The molecular weight excluding hydrogens is 387 g/mol. The molecule has 0 bridgehead atoms. The Hall–Kier alpha value is -2.92. The van der Waals surface area contributed by atoms with E-state index in [0.29, 0.717) is 20.9 Å². The number of nitrogens with one attached hydrogen (secondary N) is 1. The Morgan fingerprint density at radius 1 is 1.26 bits per heavy atom. The molecule has 11 heteroatoms. The van der Waals surface area contributed by atoms with Crippen LogP contribution in [0.25, 0.3) is 10.2 Å². The topological polar surface area (TPSA) is 97.5 Å². The molecule has 0 saturated heterocycles. The molecule has 0 radical (unpaired) electrons. The molecule has 1 aromatic heterocycles. The molecule has 0 fully saturated rings. The van der Waals surface area contributed by atoms with Crippen molar-refractivity contribution >= 4 is 32.4 Å². The van der Waals surface area contributed by atoms with Gasteiger partial charge < -0.3 is 15.2 Å². The van der Waals surface area contributed by atoms with E-state index < -0.39 is 17.4 Å². The van der Waals surface area contributed by atoms with Gasteiger partial charge in [0, 0.05) is 18.7 Å². The Morgan fingerprint density at radius 2 is 1.96 bits per heavy atom. The monoisotopic (exact) mass is 399 g/mol. The number of thiazole rings is 1. The van der Waals surface area contributed by atoms with E-state index in [2.05, 4.69) is 15.0 Å². The minimum Gasteiger partial charge on any atom is -0.406 e. The van der Waals surface area contributed by atoms with Gasteiger partial charge in [-0.3, -0.25) is 10.1 Å². The Balaban J connectivity index is 1.64. The van der Waals surface area contributed by atoms with Crippen molar-refractivity contribution in [1.82, 2.24) is 4.98 Å². The summed E-state index contributed by atoms with van der Waals surface area (Å²) >= 11 is 1.19. The lowest BCUT2D eigenvalue weighted by Gasteiger charge is -2.13. The molecule has 0 amide bonds. The first-order valence-electron chi connectivity index (χ1n) is 7.54. The van der Waals surface area contributed by atoms with E-state index in [0.717, 1.165) is 12.1 Å². The van der Waals surface area contributed by atoms with E-state index in [1.54, 1.807) is 0 Å². The Bertz CT molecular complexity index is 960. The minimum atomic E-state index is -4.77. The van der Waals surface area contributed by atoms with Crippen molar-refractivity contribution in [2.45, 2.75) is 12.5 Å². The van der Waals surface area contributed by atoms with E-state index in [9.17, 15) is 28.4 Å². The molecule has 0 aliphatic carbocycles. The molecule has 142 valence electrons. The van der Waals surface area contributed by atoms with Gasteiger partial charge in [0.15, 0.2) is 5.13 Å². The summed E-state index contributed by atoms with van der Waals surface area (Å²) in [6.07, 6.45) is -5.77. The summed E-state index contributed by atoms with van der Waals surface area (Å²) in [6.45, 7) is 0.0569. The van der Waals surface area contributed by atoms with Gasteiger partial charge in [-0.25, -0.2) is 4.98 Å². The van der Waals surface area contributed by atoms with E-state index in [1.165, 1.54) is 41.7 Å². The fraction of sp³-hybridized carbons (Fsp3) is 0.188. The molecule has 1 unspecified atom stereocenters. The van der Waals surface area contributed by atoms with Crippen molar-refractivity contribution in [3.8, 4) is 5.75 Å². The summed E-state index contributed by atoms with van der Waals surface area (Å²) in [4.78, 5) is 14.6.